The molecule has 0 heterocycles. The number of carbonyl (C=O) groups excluding carboxylic acids is 2. The summed E-state index contributed by atoms with van der Waals surface area (Å²) in [6, 6.07) is 12.0. The van der Waals surface area contributed by atoms with E-state index in [1.54, 1.807) is 24.3 Å². The largest absolute Gasteiger partial charge is 0.484 e. The van der Waals surface area contributed by atoms with Crippen LogP contribution in [-0.2, 0) is 4.79 Å². The maximum Gasteiger partial charge on any atom is 0.257 e. The van der Waals surface area contributed by atoms with Gasteiger partial charge < -0.3 is 10.1 Å². The van der Waals surface area contributed by atoms with Crippen molar-refractivity contribution < 1.29 is 18.7 Å². The fraction of sp³-hybridized carbons (Fsp3) is 0.364. The zero-order valence-electron chi connectivity index (χ0n) is 15.2. The summed E-state index contributed by atoms with van der Waals surface area (Å²) in [6.45, 7) is 0.672. The van der Waals surface area contributed by atoms with Crippen LogP contribution in [0.2, 0.25) is 0 Å². The van der Waals surface area contributed by atoms with Crippen molar-refractivity contribution >= 4 is 11.7 Å². The van der Waals surface area contributed by atoms with Crippen LogP contribution >= 0.6 is 0 Å². The monoisotopic (exact) mass is 369 g/mol. The van der Waals surface area contributed by atoms with Gasteiger partial charge in [-0.25, -0.2) is 4.39 Å². The first-order valence-corrected chi connectivity index (χ1v) is 9.41. The van der Waals surface area contributed by atoms with E-state index in [2.05, 4.69) is 5.32 Å². The second-order valence-corrected chi connectivity index (χ2v) is 6.96. The third-order valence-corrected chi connectivity index (χ3v) is 4.91. The molecule has 1 N–H and O–H groups in total. The van der Waals surface area contributed by atoms with E-state index in [0.29, 0.717) is 29.3 Å². The van der Waals surface area contributed by atoms with Crippen molar-refractivity contribution in [3.05, 3.63) is 65.5 Å². The van der Waals surface area contributed by atoms with Gasteiger partial charge >= 0.3 is 0 Å². The number of rotatable bonds is 7. The highest BCUT2D eigenvalue weighted by atomic mass is 19.1. The van der Waals surface area contributed by atoms with Crippen LogP contribution in [0.1, 0.15) is 48.0 Å². The van der Waals surface area contributed by atoms with Crippen molar-refractivity contribution in [3.8, 4) is 5.75 Å². The van der Waals surface area contributed by atoms with Crippen molar-refractivity contribution in [2.45, 2.75) is 32.1 Å². The Kier molecular flexibility index (Phi) is 6.58. The number of benzene rings is 2. The fourth-order valence-electron chi connectivity index (χ4n) is 3.32. The molecule has 1 aliphatic carbocycles. The summed E-state index contributed by atoms with van der Waals surface area (Å²) in [7, 11) is 0. The van der Waals surface area contributed by atoms with Gasteiger partial charge in [0.05, 0.1) is 0 Å². The maximum atomic E-state index is 13.0. The Morgan fingerprint density at radius 1 is 0.926 bits per heavy atom. The average molecular weight is 369 g/mol. The Hall–Kier alpha value is -2.69. The molecule has 2 aromatic carbocycles. The summed E-state index contributed by atoms with van der Waals surface area (Å²) in [4.78, 5) is 24.3. The van der Waals surface area contributed by atoms with Crippen LogP contribution in [0.4, 0.5) is 4.39 Å². The minimum atomic E-state index is -0.378. The zero-order chi connectivity index (χ0) is 19.1. The lowest BCUT2D eigenvalue weighted by Gasteiger charge is -2.21. The second kappa shape index (κ2) is 9.31. The van der Waals surface area contributed by atoms with E-state index >= 15 is 0 Å². The van der Waals surface area contributed by atoms with E-state index in [4.69, 9.17) is 4.74 Å². The SMILES string of the molecule is O=C(COc1ccc(C(=O)c2ccc(F)cc2)cc1)NCC1CCCCC1. The number of halogens is 1. The highest BCUT2D eigenvalue weighted by Gasteiger charge is 2.14. The Bertz CT molecular complexity index is 765. The molecule has 0 aliphatic heterocycles. The van der Waals surface area contributed by atoms with Gasteiger partial charge in [0.1, 0.15) is 11.6 Å². The van der Waals surface area contributed by atoms with E-state index in [0.717, 1.165) is 0 Å². The first-order chi connectivity index (χ1) is 13.1. The topological polar surface area (TPSA) is 55.4 Å². The number of hydrogen-bond donors (Lipinski definition) is 1. The molecule has 0 spiro atoms. The zero-order valence-corrected chi connectivity index (χ0v) is 15.2. The highest BCUT2D eigenvalue weighted by molar-refractivity contribution is 6.09. The minimum absolute atomic E-state index is 0.0437. The van der Waals surface area contributed by atoms with E-state index in [1.807, 2.05) is 0 Å². The summed E-state index contributed by atoms with van der Waals surface area (Å²) >= 11 is 0. The van der Waals surface area contributed by atoms with Crippen molar-refractivity contribution in [3.63, 3.8) is 0 Å². The molecule has 0 aromatic heterocycles. The molecule has 27 heavy (non-hydrogen) atoms. The lowest BCUT2D eigenvalue weighted by atomic mass is 9.89. The molecule has 3 rings (SSSR count). The normalized spacial score (nSPS) is 14.6. The average Bonchev–Trinajstić information content (AvgIpc) is 2.72. The van der Waals surface area contributed by atoms with E-state index in [9.17, 15) is 14.0 Å². The summed E-state index contributed by atoms with van der Waals surface area (Å²) in [5.41, 5.74) is 0.905. The van der Waals surface area contributed by atoms with Crippen molar-refractivity contribution in [2.75, 3.05) is 13.2 Å². The van der Waals surface area contributed by atoms with Crippen LogP contribution in [0.3, 0.4) is 0 Å². The van der Waals surface area contributed by atoms with Crippen molar-refractivity contribution in [1.29, 1.82) is 0 Å². The smallest absolute Gasteiger partial charge is 0.257 e. The van der Waals surface area contributed by atoms with Gasteiger partial charge in [-0.05, 0) is 67.3 Å². The van der Waals surface area contributed by atoms with Crippen molar-refractivity contribution in [1.82, 2.24) is 5.32 Å². The lowest BCUT2D eigenvalue weighted by Crippen LogP contribution is -2.33. The van der Waals surface area contributed by atoms with Gasteiger partial charge in [-0.15, -0.1) is 0 Å². The van der Waals surface area contributed by atoms with Gasteiger partial charge in [-0.1, -0.05) is 19.3 Å². The van der Waals surface area contributed by atoms with E-state index < -0.39 is 0 Å². The predicted molar refractivity (Wildman–Crippen MR) is 101 cm³/mol. The second-order valence-electron chi connectivity index (χ2n) is 6.96. The van der Waals surface area contributed by atoms with E-state index in [-0.39, 0.29) is 24.1 Å². The van der Waals surface area contributed by atoms with Gasteiger partial charge in [-0.2, -0.15) is 0 Å². The highest BCUT2D eigenvalue weighted by Crippen LogP contribution is 2.22. The molecule has 1 aliphatic rings. The van der Waals surface area contributed by atoms with E-state index in [1.165, 1.54) is 56.4 Å². The number of ether oxygens (including phenoxy) is 1. The Morgan fingerprint density at radius 2 is 1.52 bits per heavy atom. The molecule has 0 atom stereocenters. The summed E-state index contributed by atoms with van der Waals surface area (Å²) in [5, 5.41) is 2.93. The molecular weight excluding hydrogens is 345 g/mol. The van der Waals surface area contributed by atoms with Crippen LogP contribution in [0, 0.1) is 11.7 Å². The molecule has 0 radical (unpaired) electrons. The van der Waals surface area contributed by atoms with Crippen LogP contribution in [-0.4, -0.2) is 24.8 Å². The standard InChI is InChI=1S/C22H24FNO3/c23-19-10-6-17(7-11-19)22(26)18-8-12-20(13-9-18)27-15-21(25)24-14-16-4-2-1-3-5-16/h6-13,16H,1-5,14-15H2,(H,24,25). The first-order valence-electron chi connectivity index (χ1n) is 9.41. The fourth-order valence-corrected chi connectivity index (χ4v) is 3.32. The quantitative estimate of drug-likeness (QED) is 0.747. The van der Waals surface area contributed by atoms with Gasteiger partial charge in [0, 0.05) is 17.7 Å². The number of carbonyl (C=O) groups is 2. The van der Waals surface area contributed by atoms with Crippen LogP contribution in [0.15, 0.2) is 48.5 Å². The van der Waals surface area contributed by atoms with Gasteiger partial charge in [0.2, 0.25) is 0 Å². The maximum absolute atomic E-state index is 13.0. The molecule has 1 saturated carbocycles. The van der Waals surface area contributed by atoms with Crippen LogP contribution in [0.25, 0.3) is 0 Å². The summed E-state index contributed by atoms with van der Waals surface area (Å²) < 4.78 is 18.4. The molecule has 142 valence electrons. The third-order valence-electron chi connectivity index (χ3n) is 4.91. The first kappa shape index (κ1) is 19.1. The number of amides is 1. The Balaban J connectivity index is 1.46. The molecular formula is C22H24FNO3. The van der Waals surface area contributed by atoms with Gasteiger partial charge in [0.15, 0.2) is 12.4 Å². The molecule has 0 saturated heterocycles. The molecule has 1 fully saturated rings. The number of nitrogens with one attached hydrogen (secondary N) is 1. The van der Waals surface area contributed by atoms with Gasteiger partial charge in [-0.3, -0.25) is 9.59 Å². The number of hydrogen-bond acceptors (Lipinski definition) is 3. The Labute approximate surface area is 158 Å². The molecule has 0 unspecified atom stereocenters. The summed E-state index contributed by atoms with van der Waals surface area (Å²) in [5.74, 6) is 0.411. The predicted octanol–water partition coefficient (Wildman–Crippen LogP) is 4.13. The molecule has 1 amide bonds. The lowest BCUT2D eigenvalue weighted by molar-refractivity contribution is -0.123. The molecule has 4 nitrogen and oxygen atoms in total. The molecule has 2 aromatic rings. The molecule has 0 bridgehead atoms. The number of ketones is 1. The minimum Gasteiger partial charge on any atom is -0.484 e. The van der Waals surface area contributed by atoms with Crippen LogP contribution in [0.5, 0.6) is 5.75 Å². The van der Waals surface area contributed by atoms with Crippen LogP contribution < -0.4 is 10.1 Å². The summed E-state index contributed by atoms with van der Waals surface area (Å²) in [6.07, 6.45) is 6.17. The third kappa shape index (κ3) is 5.64. The van der Waals surface area contributed by atoms with Crippen molar-refractivity contribution in [2.24, 2.45) is 5.92 Å². The molecule has 5 heteroatoms. The Morgan fingerprint density at radius 3 is 2.15 bits per heavy atom. The van der Waals surface area contributed by atoms with Gasteiger partial charge in [0.25, 0.3) is 5.91 Å².